The first-order chi connectivity index (χ1) is 11.1. The molecule has 2 heterocycles. The van der Waals surface area contributed by atoms with Crippen molar-refractivity contribution in [3.8, 4) is 0 Å². The molecule has 5 nitrogen and oxygen atoms in total. The summed E-state index contributed by atoms with van der Waals surface area (Å²) in [7, 11) is 0. The van der Waals surface area contributed by atoms with Crippen LogP contribution in [-0.2, 0) is 9.59 Å². The van der Waals surface area contributed by atoms with Gasteiger partial charge in [0.1, 0.15) is 5.92 Å². The van der Waals surface area contributed by atoms with Gasteiger partial charge in [-0.1, -0.05) is 17.7 Å². The van der Waals surface area contributed by atoms with Crippen molar-refractivity contribution < 1.29 is 9.59 Å². The lowest BCUT2D eigenvalue weighted by atomic mass is 9.95. The van der Waals surface area contributed by atoms with Crippen molar-refractivity contribution in [3.63, 3.8) is 0 Å². The molecule has 2 aliphatic rings. The molecule has 1 aromatic rings. The van der Waals surface area contributed by atoms with Crippen LogP contribution in [0.1, 0.15) is 19.3 Å². The summed E-state index contributed by atoms with van der Waals surface area (Å²) in [6.07, 6.45) is 2.43. The van der Waals surface area contributed by atoms with Crippen molar-refractivity contribution >= 4 is 41.5 Å². The minimum atomic E-state index is -0.552. The summed E-state index contributed by atoms with van der Waals surface area (Å²) in [5, 5.41) is 0.592. The van der Waals surface area contributed by atoms with Gasteiger partial charge in [0.2, 0.25) is 11.8 Å². The fourth-order valence-electron chi connectivity index (χ4n) is 3.42. The molecule has 1 unspecified atom stereocenters. The average molecular weight is 372 g/mol. The lowest BCUT2D eigenvalue weighted by Gasteiger charge is -2.32. The Balaban J connectivity index is 0.00000208. The molecule has 3 rings (SSSR count). The minimum Gasteiger partial charge on any atom is -0.342 e. The van der Waals surface area contributed by atoms with Gasteiger partial charge in [-0.05, 0) is 49.9 Å². The molecule has 2 saturated heterocycles. The Labute approximate surface area is 153 Å². The third kappa shape index (κ3) is 3.85. The van der Waals surface area contributed by atoms with Crippen LogP contribution >= 0.6 is 24.0 Å². The van der Waals surface area contributed by atoms with E-state index in [2.05, 4.69) is 0 Å². The van der Waals surface area contributed by atoms with E-state index >= 15 is 0 Å². The first-order valence-corrected chi connectivity index (χ1v) is 8.53. The predicted molar refractivity (Wildman–Crippen MR) is 97.5 cm³/mol. The van der Waals surface area contributed by atoms with Gasteiger partial charge in [0.15, 0.2) is 0 Å². The van der Waals surface area contributed by atoms with Crippen LogP contribution in [0.4, 0.5) is 5.69 Å². The highest BCUT2D eigenvalue weighted by Gasteiger charge is 2.40. The molecule has 0 spiro atoms. The Morgan fingerprint density at radius 3 is 2.54 bits per heavy atom. The fraction of sp³-hybridized carbons (Fsp3) is 0.529. The van der Waals surface area contributed by atoms with E-state index in [0.717, 1.165) is 18.5 Å². The second kappa shape index (κ2) is 8.19. The number of rotatable bonds is 3. The van der Waals surface area contributed by atoms with Gasteiger partial charge in [-0.2, -0.15) is 0 Å². The summed E-state index contributed by atoms with van der Waals surface area (Å²) in [5.41, 5.74) is 6.45. The van der Waals surface area contributed by atoms with Crippen LogP contribution in [0.15, 0.2) is 24.3 Å². The van der Waals surface area contributed by atoms with Gasteiger partial charge in [0.25, 0.3) is 0 Å². The molecule has 2 N–H and O–H groups in total. The molecular weight excluding hydrogens is 349 g/mol. The first kappa shape index (κ1) is 19.0. The van der Waals surface area contributed by atoms with Gasteiger partial charge in [0, 0.05) is 30.3 Å². The molecule has 2 aliphatic heterocycles. The minimum absolute atomic E-state index is 0. The molecule has 1 atom stereocenters. The van der Waals surface area contributed by atoms with Gasteiger partial charge >= 0.3 is 0 Å². The Bertz CT molecular complexity index is 603. The number of nitrogens with zero attached hydrogens (tertiary/aromatic N) is 2. The molecule has 0 radical (unpaired) electrons. The zero-order chi connectivity index (χ0) is 16.4. The van der Waals surface area contributed by atoms with Crippen molar-refractivity contribution in [2.24, 2.45) is 17.6 Å². The van der Waals surface area contributed by atoms with Crippen molar-refractivity contribution in [2.75, 3.05) is 31.1 Å². The molecule has 7 heteroatoms. The van der Waals surface area contributed by atoms with E-state index in [1.807, 2.05) is 17.0 Å². The quantitative estimate of drug-likeness (QED) is 0.828. The van der Waals surface area contributed by atoms with Gasteiger partial charge in [-0.15, -0.1) is 12.4 Å². The highest BCUT2D eigenvalue weighted by Crippen LogP contribution is 2.29. The molecule has 2 amide bonds. The van der Waals surface area contributed by atoms with Gasteiger partial charge in [-0.3, -0.25) is 9.59 Å². The van der Waals surface area contributed by atoms with Gasteiger partial charge < -0.3 is 15.5 Å². The Kier molecular flexibility index (Phi) is 6.49. The van der Waals surface area contributed by atoms with Crippen LogP contribution < -0.4 is 10.6 Å². The molecule has 1 aromatic carbocycles. The number of carbonyl (C=O) groups excluding carboxylic acids is 2. The number of halogens is 2. The van der Waals surface area contributed by atoms with Gasteiger partial charge in [0.05, 0.1) is 0 Å². The topological polar surface area (TPSA) is 66.6 Å². The van der Waals surface area contributed by atoms with E-state index in [0.29, 0.717) is 43.5 Å². The SMILES string of the molecule is Cl.NCC1CCN(C(=O)C2CCN(c3cccc(Cl)c3)C2=O)CC1. The molecule has 2 fully saturated rings. The lowest BCUT2D eigenvalue weighted by Crippen LogP contribution is -2.45. The van der Waals surface area contributed by atoms with Crippen LogP contribution in [0.25, 0.3) is 0 Å². The Morgan fingerprint density at radius 2 is 1.92 bits per heavy atom. The largest absolute Gasteiger partial charge is 0.342 e. The number of nitrogens with two attached hydrogens (primary N) is 1. The molecule has 0 bridgehead atoms. The number of amides is 2. The summed E-state index contributed by atoms with van der Waals surface area (Å²) >= 11 is 6.00. The zero-order valence-electron chi connectivity index (χ0n) is 13.5. The van der Waals surface area contributed by atoms with E-state index in [1.54, 1.807) is 17.0 Å². The maximum atomic E-state index is 12.7. The summed E-state index contributed by atoms with van der Waals surface area (Å²) < 4.78 is 0. The molecule has 0 aliphatic carbocycles. The van der Waals surface area contributed by atoms with E-state index in [1.165, 1.54) is 0 Å². The highest BCUT2D eigenvalue weighted by molar-refractivity contribution is 6.31. The number of anilines is 1. The first-order valence-electron chi connectivity index (χ1n) is 8.16. The Morgan fingerprint density at radius 1 is 1.21 bits per heavy atom. The lowest BCUT2D eigenvalue weighted by molar-refractivity contribution is -0.141. The standard InChI is InChI=1S/C17H22ClN3O2.ClH/c18-13-2-1-3-14(10-13)21-9-6-15(17(21)23)16(22)20-7-4-12(11-19)5-8-20;/h1-3,10,12,15H,4-9,11,19H2;1H. The van der Waals surface area contributed by atoms with E-state index in [9.17, 15) is 9.59 Å². The summed E-state index contributed by atoms with van der Waals surface area (Å²) in [4.78, 5) is 28.8. The van der Waals surface area contributed by atoms with Gasteiger partial charge in [-0.25, -0.2) is 0 Å². The van der Waals surface area contributed by atoms with Crippen LogP contribution in [0.3, 0.4) is 0 Å². The van der Waals surface area contributed by atoms with Crippen LogP contribution in [0, 0.1) is 11.8 Å². The summed E-state index contributed by atoms with van der Waals surface area (Å²) in [6.45, 7) is 2.66. The van der Waals surface area contributed by atoms with Crippen molar-refractivity contribution in [1.29, 1.82) is 0 Å². The van der Waals surface area contributed by atoms with Crippen molar-refractivity contribution in [3.05, 3.63) is 29.3 Å². The van der Waals surface area contributed by atoms with Crippen LogP contribution in [0.2, 0.25) is 5.02 Å². The van der Waals surface area contributed by atoms with E-state index < -0.39 is 5.92 Å². The van der Waals surface area contributed by atoms with Crippen LogP contribution in [0.5, 0.6) is 0 Å². The third-order valence-electron chi connectivity index (χ3n) is 4.88. The smallest absolute Gasteiger partial charge is 0.239 e. The second-order valence-electron chi connectivity index (χ2n) is 6.32. The maximum absolute atomic E-state index is 12.7. The molecule has 0 aromatic heterocycles. The molecule has 24 heavy (non-hydrogen) atoms. The molecule has 0 saturated carbocycles. The predicted octanol–water partition coefficient (Wildman–Crippen LogP) is 2.31. The zero-order valence-corrected chi connectivity index (χ0v) is 15.1. The third-order valence-corrected chi connectivity index (χ3v) is 5.12. The summed E-state index contributed by atoms with van der Waals surface area (Å²) in [5.74, 6) is -0.196. The number of likely N-dealkylation sites (tertiary alicyclic amines) is 1. The number of benzene rings is 1. The van der Waals surface area contributed by atoms with Crippen LogP contribution in [-0.4, -0.2) is 42.9 Å². The molecule has 132 valence electrons. The normalized spacial score (nSPS) is 21.8. The van der Waals surface area contributed by atoms with Crippen molar-refractivity contribution in [1.82, 2.24) is 4.90 Å². The maximum Gasteiger partial charge on any atom is 0.239 e. The highest BCUT2D eigenvalue weighted by atomic mass is 35.5. The monoisotopic (exact) mass is 371 g/mol. The van der Waals surface area contributed by atoms with E-state index in [-0.39, 0.29) is 24.2 Å². The molecular formula is C17H23Cl2N3O2. The summed E-state index contributed by atoms with van der Waals surface area (Å²) in [6, 6.07) is 7.20. The fourth-order valence-corrected chi connectivity index (χ4v) is 3.60. The second-order valence-corrected chi connectivity index (χ2v) is 6.75. The number of hydrogen-bond acceptors (Lipinski definition) is 3. The Hall–Kier alpha value is -1.30. The number of hydrogen-bond donors (Lipinski definition) is 1. The number of carbonyl (C=O) groups is 2. The van der Waals surface area contributed by atoms with Crippen molar-refractivity contribution in [2.45, 2.75) is 19.3 Å². The van der Waals surface area contributed by atoms with E-state index in [4.69, 9.17) is 17.3 Å². The average Bonchev–Trinajstić information content (AvgIpc) is 2.96. The number of piperidine rings is 1.